The molecule has 2 nitrogen and oxygen atoms in total. The van der Waals surface area contributed by atoms with Crippen LogP contribution in [0.25, 0.3) is 0 Å². The Morgan fingerprint density at radius 3 is 2.39 bits per heavy atom. The fourth-order valence-electron chi connectivity index (χ4n) is 2.75. The Balaban J connectivity index is 1.89. The lowest BCUT2D eigenvalue weighted by molar-refractivity contribution is -0.167. The first-order valence-electron chi connectivity index (χ1n) is 6.79. The van der Waals surface area contributed by atoms with E-state index in [4.69, 9.17) is 0 Å². The predicted molar refractivity (Wildman–Crippen MR) is 65.4 cm³/mol. The summed E-state index contributed by atoms with van der Waals surface area (Å²) in [6.45, 7) is 6.55. The monoisotopic (exact) mass is 264 g/mol. The zero-order valence-electron chi connectivity index (χ0n) is 11.2. The second-order valence-corrected chi connectivity index (χ2v) is 6.47. The molecule has 1 unspecified atom stereocenters. The number of hydrogen-bond acceptors (Lipinski definition) is 2. The molecule has 2 rings (SSSR count). The van der Waals surface area contributed by atoms with E-state index >= 15 is 0 Å². The molecular formula is C13H23F3N2. The van der Waals surface area contributed by atoms with Crippen LogP contribution in [0.2, 0.25) is 0 Å². The van der Waals surface area contributed by atoms with E-state index < -0.39 is 11.7 Å². The SMILES string of the molecule is CC(C)(CNC1(C(F)(F)F)CC1)C1CCCNC1. The third-order valence-corrected chi connectivity index (χ3v) is 4.58. The summed E-state index contributed by atoms with van der Waals surface area (Å²) in [4.78, 5) is 0. The summed E-state index contributed by atoms with van der Waals surface area (Å²) in [7, 11) is 0. The van der Waals surface area contributed by atoms with Gasteiger partial charge in [-0.05, 0) is 50.1 Å². The molecule has 106 valence electrons. The zero-order valence-corrected chi connectivity index (χ0v) is 11.2. The van der Waals surface area contributed by atoms with Crippen molar-refractivity contribution in [1.29, 1.82) is 0 Å². The van der Waals surface area contributed by atoms with Crippen molar-refractivity contribution < 1.29 is 13.2 Å². The highest BCUT2D eigenvalue weighted by atomic mass is 19.4. The van der Waals surface area contributed by atoms with Crippen LogP contribution in [0.4, 0.5) is 13.2 Å². The maximum atomic E-state index is 12.8. The molecule has 1 aliphatic heterocycles. The lowest BCUT2D eigenvalue weighted by Crippen LogP contribution is -2.51. The number of halogens is 3. The van der Waals surface area contributed by atoms with Crippen molar-refractivity contribution in [2.24, 2.45) is 11.3 Å². The average molecular weight is 264 g/mol. The molecule has 0 aromatic heterocycles. The summed E-state index contributed by atoms with van der Waals surface area (Å²) >= 11 is 0. The normalized spacial score (nSPS) is 28.2. The van der Waals surface area contributed by atoms with Gasteiger partial charge in [-0.1, -0.05) is 13.8 Å². The van der Waals surface area contributed by atoms with Crippen LogP contribution in [0.15, 0.2) is 0 Å². The second kappa shape index (κ2) is 4.67. The van der Waals surface area contributed by atoms with Gasteiger partial charge in [0, 0.05) is 6.54 Å². The highest BCUT2D eigenvalue weighted by molar-refractivity contribution is 5.08. The van der Waals surface area contributed by atoms with Crippen LogP contribution < -0.4 is 10.6 Å². The molecule has 0 bridgehead atoms. The number of nitrogens with one attached hydrogen (secondary N) is 2. The molecule has 1 atom stereocenters. The van der Waals surface area contributed by atoms with E-state index in [0.717, 1.165) is 25.9 Å². The summed E-state index contributed by atoms with van der Waals surface area (Å²) in [5.74, 6) is 0.461. The first-order chi connectivity index (χ1) is 8.27. The van der Waals surface area contributed by atoms with E-state index in [1.807, 2.05) is 0 Å². The molecule has 1 saturated carbocycles. The second-order valence-electron chi connectivity index (χ2n) is 6.47. The van der Waals surface area contributed by atoms with E-state index in [1.165, 1.54) is 0 Å². The van der Waals surface area contributed by atoms with Crippen LogP contribution in [0.1, 0.15) is 39.5 Å². The molecule has 0 aromatic rings. The van der Waals surface area contributed by atoms with Crippen LogP contribution in [0.5, 0.6) is 0 Å². The Morgan fingerprint density at radius 1 is 1.28 bits per heavy atom. The van der Waals surface area contributed by atoms with Gasteiger partial charge in [0.1, 0.15) is 5.54 Å². The third-order valence-electron chi connectivity index (χ3n) is 4.58. The molecule has 0 aromatic carbocycles. The molecule has 18 heavy (non-hydrogen) atoms. The highest BCUT2D eigenvalue weighted by Crippen LogP contribution is 2.49. The Kier molecular flexibility index (Phi) is 3.67. The Labute approximate surface area is 107 Å². The average Bonchev–Trinajstić information content (AvgIpc) is 3.08. The van der Waals surface area contributed by atoms with Crippen molar-refractivity contribution in [2.45, 2.75) is 51.2 Å². The molecule has 1 saturated heterocycles. The summed E-state index contributed by atoms with van der Waals surface area (Å²) in [6.07, 6.45) is -1.40. The highest BCUT2D eigenvalue weighted by Gasteiger charge is 2.63. The van der Waals surface area contributed by atoms with Crippen molar-refractivity contribution >= 4 is 0 Å². The predicted octanol–water partition coefficient (Wildman–Crippen LogP) is 2.70. The molecule has 5 heteroatoms. The van der Waals surface area contributed by atoms with E-state index in [2.05, 4.69) is 24.5 Å². The van der Waals surface area contributed by atoms with Crippen molar-refractivity contribution in [2.75, 3.05) is 19.6 Å². The van der Waals surface area contributed by atoms with Gasteiger partial charge >= 0.3 is 6.18 Å². The molecule has 1 aliphatic carbocycles. The van der Waals surface area contributed by atoms with Crippen LogP contribution >= 0.6 is 0 Å². The largest absolute Gasteiger partial charge is 0.406 e. The van der Waals surface area contributed by atoms with Gasteiger partial charge in [-0.3, -0.25) is 0 Å². The summed E-state index contributed by atoms with van der Waals surface area (Å²) in [5.41, 5.74) is -1.67. The Hall–Kier alpha value is -0.290. The van der Waals surface area contributed by atoms with Gasteiger partial charge in [-0.15, -0.1) is 0 Å². The topological polar surface area (TPSA) is 24.1 Å². The van der Waals surface area contributed by atoms with E-state index in [0.29, 0.717) is 12.5 Å². The van der Waals surface area contributed by atoms with Gasteiger partial charge in [-0.2, -0.15) is 13.2 Å². The first kappa shape index (κ1) is 14.1. The van der Waals surface area contributed by atoms with Crippen molar-refractivity contribution in [3.8, 4) is 0 Å². The lowest BCUT2D eigenvalue weighted by Gasteiger charge is -2.39. The first-order valence-corrected chi connectivity index (χ1v) is 6.79. The van der Waals surface area contributed by atoms with Crippen LogP contribution in [-0.4, -0.2) is 31.3 Å². The fraction of sp³-hybridized carbons (Fsp3) is 1.00. The van der Waals surface area contributed by atoms with Crippen LogP contribution in [-0.2, 0) is 0 Å². The van der Waals surface area contributed by atoms with Crippen molar-refractivity contribution in [1.82, 2.24) is 10.6 Å². The molecule has 2 aliphatic rings. The van der Waals surface area contributed by atoms with Gasteiger partial charge in [-0.25, -0.2) is 0 Å². The fourth-order valence-corrected chi connectivity index (χ4v) is 2.75. The Bertz CT molecular complexity index is 289. The van der Waals surface area contributed by atoms with Crippen molar-refractivity contribution in [3.63, 3.8) is 0 Å². The van der Waals surface area contributed by atoms with Gasteiger partial charge < -0.3 is 10.6 Å². The summed E-state index contributed by atoms with van der Waals surface area (Å²) in [5, 5.41) is 6.13. The number of alkyl halides is 3. The van der Waals surface area contributed by atoms with Crippen LogP contribution in [0.3, 0.4) is 0 Å². The van der Waals surface area contributed by atoms with Crippen LogP contribution in [0, 0.1) is 11.3 Å². The number of hydrogen-bond donors (Lipinski definition) is 2. The van der Waals surface area contributed by atoms with Gasteiger partial charge in [0.2, 0.25) is 0 Å². The molecule has 2 fully saturated rings. The maximum absolute atomic E-state index is 12.8. The van der Waals surface area contributed by atoms with Gasteiger partial charge in [0.05, 0.1) is 0 Å². The minimum Gasteiger partial charge on any atom is -0.316 e. The van der Waals surface area contributed by atoms with Gasteiger partial charge in [0.15, 0.2) is 0 Å². The van der Waals surface area contributed by atoms with E-state index in [-0.39, 0.29) is 18.3 Å². The standard InChI is InChI=1S/C13H23F3N2/c1-11(2,10-4-3-7-17-8-10)9-18-12(5-6-12)13(14,15)16/h10,17-18H,3-9H2,1-2H3. The van der Waals surface area contributed by atoms with E-state index in [9.17, 15) is 13.2 Å². The molecule has 0 radical (unpaired) electrons. The zero-order chi connectivity index (χ0) is 13.4. The van der Waals surface area contributed by atoms with Crippen molar-refractivity contribution in [3.05, 3.63) is 0 Å². The van der Waals surface area contributed by atoms with Gasteiger partial charge in [0.25, 0.3) is 0 Å². The molecule has 0 spiro atoms. The summed E-state index contributed by atoms with van der Waals surface area (Å²) < 4.78 is 38.5. The minimum atomic E-state index is -4.10. The quantitative estimate of drug-likeness (QED) is 0.816. The van der Waals surface area contributed by atoms with E-state index in [1.54, 1.807) is 0 Å². The Morgan fingerprint density at radius 2 is 1.94 bits per heavy atom. The molecular weight excluding hydrogens is 241 g/mol. The number of rotatable bonds is 4. The lowest BCUT2D eigenvalue weighted by atomic mass is 9.75. The molecule has 1 heterocycles. The number of piperidine rings is 1. The maximum Gasteiger partial charge on any atom is 0.406 e. The smallest absolute Gasteiger partial charge is 0.316 e. The minimum absolute atomic E-state index is 0.0890. The molecule has 2 N–H and O–H groups in total. The summed E-state index contributed by atoms with van der Waals surface area (Å²) in [6, 6.07) is 0. The third kappa shape index (κ3) is 2.82. The molecule has 0 amide bonds.